The number of rotatable bonds is 4. The monoisotopic (exact) mass is 636 g/mol. The Hall–Kier alpha value is -5.68. The van der Waals surface area contributed by atoms with Gasteiger partial charge in [0, 0.05) is 43.9 Å². The van der Waals surface area contributed by atoms with E-state index in [0.29, 0.717) is 17.5 Å². The molecule has 6 aromatic carbocycles. The molecule has 9 rings (SSSR count). The summed E-state index contributed by atoms with van der Waals surface area (Å²) in [5, 5.41) is 4.66. The standard InChI is InChI=1S/C39H30B6N4O/c40-28-26-25-27(39-47-37(19-11-3-1-4-12-19)46-38(48-39)20-13-5-2-6-14-20)29(41)30(42)32(44)35(25)50-36(26)33(45)34(31(28)43)49-23-17-9-7-15-21(23)22-16-8-10-18-24(22)49/h1-18H,40-45H2. The van der Waals surface area contributed by atoms with Gasteiger partial charge in [-0.3, -0.25) is 0 Å². The highest BCUT2D eigenvalue weighted by molar-refractivity contribution is 6.64. The molecule has 0 unspecified atom stereocenters. The van der Waals surface area contributed by atoms with Crippen molar-refractivity contribution in [3.05, 3.63) is 109 Å². The number of nitrogens with zero attached hydrogens (tertiary/aromatic N) is 4. The van der Waals surface area contributed by atoms with Crippen LogP contribution in [-0.4, -0.2) is 66.6 Å². The highest BCUT2D eigenvalue weighted by atomic mass is 16.3. The normalized spacial score (nSPS) is 11.7. The van der Waals surface area contributed by atoms with Crippen LogP contribution in [0.5, 0.6) is 0 Å². The minimum absolute atomic E-state index is 0.644. The van der Waals surface area contributed by atoms with Crippen LogP contribution in [0.4, 0.5) is 0 Å². The summed E-state index contributed by atoms with van der Waals surface area (Å²) in [6, 6.07) is 37.7. The average molecular weight is 636 g/mol. The summed E-state index contributed by atoms with van der Waals surface area (Å²) in [6.45, 7) is 0. The predicted molar refractivity (Wildman–Crippen MR) is 227 cm³/mol. The van der Waals surface area contributed by atoms with Crippen molar-refractivity contribution in [3.63, 3.8) is 0 Å². The van der Waals surface area contributed by atoms with Gasteiger partial charge in [0.2, 0.25) is 0 Å². The second-order valence-electron chi connectivity index (χ2n) is 13.4. The molecule has 3 aromatic heterocycles. The van der Waals surface area contributed by atoms with E-state index in [2.05, 4.69) is 124 Å². The number of para-hydroxylation sites is 2. The Labute approximate surface area is 295 Å². The molecule has 0 bridgehead atoms. The number of fused-ring (bicyclic) bond motifs is 6. The lowest BCUT2D eigenvalue weighted by Crippen LogP contribution is -2.41. The molecule has 3 heterocycles. The topological polar surface area (TPSA) is 56.7 Å². The Balaban J connectivity index is 1.40. The third-order valence-electron chi connectivity index (χ3n) is 10.7. The Morgan fingerprint density at radius 2 is 0.900 bits per heavy atom. The number of furan rings is 1. The molecule has 0 aliphatic rings. The van der Waals surface area contributed by atoms with Gasteiger partial charge in [-0.15, -0.1) is 0 Å². The molecule has 5 nitrogen and oxygen atoms in total. The predicted octanol–water partition coefficient (Wildman–Crippen LogP) is -0.580. The third-order valence-corrected chi connectivity index (χ3v) is 10.7. The molecule has 230 valence electrons. The first kappa shape index (κ1) is 30.4. The van der Waals surface area contributed by atoms with Gasteiger partial charge in [0.15, 0.2) is 17.5 Å². The zero-order valence-corrected chi connectivity index (χ0v) is 29.1. The summed E-state index contributed by atoms with van der Waals surface area (Å²) in [4.78, 5) is 15.4. The maximum absolute atomic E-state index is 7.06. The summed E-state index contributed by atoms with van der Waals surface area (Å²) >= 11 is 0. The Kier molecular flexibility index (Phi) is 6.96. The van der Waals surface area contributed by atoms with Gasteiger partial charge in [-0.2, -0.15) is 0 Å². The zero-order chi connectivity index (χ0) is 34.3. The van der Waals surface area contributed by atoms with Gasteiger partial charge in [0.05, 0.1) is 11.0 Å². The van der Waals surface area contributed by atoms with Crippen molar-refractivity contribution in [3.8, 4) is 39.9 Å². The lowest BCUT2D eigenvalue weighted by molar-refractivity contribution is 0.674. The molecule has 0 N–H and O–H groups in total. The quantitative estimate of drug-likeness (QED) is 0.243. The van der Waals surface area contributed by atoms with E-state index in [0.717, 1.165) is 60.7 Å². The maximum atomic E-state index is 7.06. The molecule has 0 spiro atoms. The summed E-state index contributed by atoms with van der Waals surface area (Å²) < 4.78 is 9.48. The Morgan fingerprint density at radius 1 is 0.420 bits per heavy atom. The zero-order valence-electron chi connectivity index (χ0n) is 29.1. The molecule has 50 heavy (non-hydrogen) atoms. The van der Waals surface area contributed by atoms with E-state index in [1.54, 1.807) is 0 Å². The molecule has 0 fully saturated rings. The molecule has 0 radical (unpaired) electrons. The van der Waals surface area contributed by atoms with Gasteiger partial charge in [-0.05, 0) is 17.6 Å². The van der Waals surface area contributed by atoms with Crippen LogP contribution in [0.2, 0.25) is 0 Å². The van der Waals surface area contributed by atoms with Crippen molar-refractivity contribution in [2.45, 2.75) is 0 Å². The fourth-order valence-electron chi connectivity index (χ4n) is 7.83. The van der Waals surface area contributed by atoms with E-state index < -0.39 is 0 Å². The van der Waals surface area contributed by atoms with Crippen molar-refractivity contribution in [1.29, 1.82) is 0 Å². The van der Waals surface area contributed by atoms with Crippen molar-refractivity contribution >= 4 is 124 Å². The molecule has 0 atom stereocenters. The highest BCUT2D eigenvalue weighted by Gasteiger charge is 2.27. The first-order valence-electron chi connectivity index (χ1n) is 17.1. The maximum Gasteiger partial charge on any atom is 0.164 e. The summed E-state index contributed by atoms with van der Waals surface area (Å²) in [5.74, 6) is 1.93. The summed E-state index contributed by atoms with van der Waals surface area (Å²) in [7, 11) is 13.2. The third kappa shape index (κ3) is 4.39. The van der Waals surface area contributed by atoms with Crippen molar-refractivity contribution in [1.82, 2.24) is 19.5 Å². The molecule has 0 saturated carbocycles. The van der Waals surface area contributed by atoms with Gasteiger partial charge in [0.25, 0.3) is 0 Å². The SMILES string of the molecule is Bc1c(B)c(-c2nc(-c3ccccc3)nc(-c3ccccc3)n2)c2c(oc3c(B)c(-n4c5ccccc5c5ccccc54)c(B)c(B)c32)c1B. The van der Waals surface area contributed by atoms with Gasteiger partial charge >= 0.3 is 0 Å². The number of benzene rings is 6. The highest BCUT2D eigenvalue weighted by Crippen LogP contribution is 2.35. The molecule has 0 aliphatic heterocycles. The van der Waals surface area contributed by atoms with Crippen LogP contribution in [0.1, 0.15) is 0 Å². The number of hydrogen-bond donors (Lipinski definition) is 0. The first-order chi connectivity index (χ1) is 24.3. The fraction of sp³-hybridized carbons (Fsp3) is 0. The molecule has 11 heteroatoms. The van der Waals surface area contributed by atoms with Crippen LogP contribution in [-0.2, 0) is 0 Å². The van der Waals surface area contributed by atoms with Gasteiger partial charge < -0.3 is 8.98 Å². The van der Waals surface area contributed by atoms with Gasteiger partial charge in [-0.25, -0.2) is 15.0 Å². The second-order valence-corrected chi connectivity index (χ2v) is 13.4. The lowest BCUT2D eigenvalue weighted by atomic mass is 9.67. The summed E-state index contributed by atoms with van der Waals surface area (Å²) in [6.07, 6.45) is 0. The minimum Gasteiger partial charge on any atom is -0.457 e. The van der Waals surface area contributed by atoms with Crippen molar-refractivity contribution in [2.24, 2.45) is 0 Å². The van der Waals surface area contributed by atoms with Crippen molar-refractivity contribution in [2.75, 3.05) is 0 Å². The van der Waals surface area contributed by atoms with E-state index >= 15 is 0 Å². The molecule has 9 aromatic rings. The number of aromatic nitrogens is 4. The first-order valence-corrected chi connectivity index (χ1v) is 17.1. The minimum atomic E-state index is 0.644. The number of hydrogen-bond acceptors (Lipinski definition) is 4. The molecule has 0 saturated heterocycles. The van der Waals surface area contributed by atoms with Crippen LogP contribution in [0.25, 0.3) is 83.6 Å². The second kappa shape index (κ2) is 11.4. The Bertz CT molecular complexity index is 2720. The fourth-order valence-corrected chi connectivity index (χ4v) is 7.83. The van der Waals surface area contributed by atoms with Crippen LogP contribution >= 0.6 is 0 Å². The molecule has 0 aliphatic carbocycles. The molecular formula is C39H30B6N4O. The van der Waals surface area contributed by atoms with E-state index in [1.807, 2.05) is 36.4 Å². The largest absolute Gasteiger partial charge is 0.457 e. The van der Waals surface area contributed by atoms with Crippen LogP contribution in [0.3, 0.4) is 0 Å². The van der Waals surface area contributed by atoms with Crippen LogP contribution in [0.15, 0.2) is 114 Å². The van der Waals surface area contributed by atoms with Gasteiger partial charge in [-0.1, -0.05) is 124 Å². The molecular weight excluding hydrogens is 605 g/mol. The molecule has 0 amide bonds. The summed E-state index contributed by atoms with van der Waals surface area (Å²) in [5.41, 5.74) is 15.2. The van der Waals surface area contributed by atoms with Gasteiger partial charge in [0.1, 0.15) is 58.2 Å². The van der Waals surface area contributed by atoms with Crippen LogP contribution in [0, 0.1) is 0 Å². The van der Waals surface area contributed by atoms with E-state index in [1.165, 1.54) is 38.2 Å². The Morgan fingerprint density at radius 3 is 1.46 bits per heavy atom. The van der Waals surface area contributed by atoms with E-state index in [9.17, 15) is 0 Å². The average Bonchev–Trinajstić information content (AvgIpc) is 3.71. The lowest BCUT2D eigenvalue weighted by Gasteiger charge is -2.19. The van der Waals surface area contributed by atoms with E-state index in [-0.39, 0.29) is 0 Å². The van der Waals surface area contributed by atoms with Crippen molar-refractivity contribution < 1.29 is 4.42 Å². The van der Waals surface area contributed by atoms with E-state index in [4.69, 9.17) is 19.4 Å². The smallest absolute Gasteiger partial charge is 0.164 e. The van der Waals surface area contributed by atoms with Crippen LogP contribution < -0.4 is 32.8 Å².